The second-order valence-electron chi connectivity index (χ2n) is 7.56. The van der Waals surface area contributed by atoms with E-state index in [4.69, 9.17) is 9.47 Å². The van der Waals surface area contributed by atoms with Gasteiger partial charge in [0.1, 0.15) is 18.4 Å². The van der Waals surface area contributed by atoms with Gasteiger partial charge in [-0.3, -0.25) is 29.3 Å². The summed E-state index contributed by atoms with van der Waals surface area (Å²) in [5, 5.41) is 12.1. The van der Waals surface area contributed by atoms with Crippen LogP contribution >= 0.6 is 0 Å². The van der Waals surface area contributed by atoms with E-state index in [0.717, 1.165) is 0 Å². The molecule has 29 heavy (non-hydrogen) atoms. The summed E-state index contributed by atoms with van der Waals surface area (Å²) in [6.07, 6.45) is -0.337. The van der Waals surface area contributed by atoms with Gasteiger partial charge in [-0.15, -0.1) is 0 Å². The van der Waals surface area contributed by atoms with E-state index in [0.29, 0.717) is 0 Å². The molecule has 1 aliphatic heterocycles. The second kappa shape index (κ2) is 8.29. The van der Waals surface area contributed by atoms with E-state index < -0.39 is 24.0 Å². The van der Waals surface area contributed by atoms with Crippen molar-refractivity contribution in [1.29, 1.82) is 0 Å². The number of H-pyrrole nitrogens is 1. The maximum absolute atomic E-state index is 12.3. The molecular formula is C18H25N5O6. The maximum Gasteiger partial charge on any atom is 0.308 e. The number of hydrogen-bond acceptors (Lipinski definition) is 8. The van der Waals surface area contributed by atoms with Gasteiger partial charge in [-0.1, -0.05) is 27.7 Å². The Bertz CT molecular complexity index is 965. The van der Waals surface area contributed by atoms with Crippen LogP contribution in [0.4, 0.5) is 5.95 Å². The standard InChI is InChI=1S/C18H25N5O6/c1-8(2)15(25)21-18-20-14-13(16(26)22-18)19-7-23(14)12-5-10(11(6-24)28-12)29-17(27)9(3)4/h7-12,24H,5-6H2,1-4H3,(H2,20,21,22,25,26). The van der Waals surface area contributed by atoms with Gasteiger partial charge in [0.15, 0.2) is 11.2 Å². The Morgan fingerprint density at radius 2 is 2.10 bits per heavy atom. The van der Waals surface area contributed by atoms with Gasteiger partial charge < -0.3 is 14.6 Å². The summed E-state index contributed by atoms with van der Waals surface area (Å²) >= 11 is 0. The highest BCUT2D eigenvalue weighted by Gasteiger charge is 2.39. The number of carbonyl (C=O) groups excluding carboxylic acids is 2. The second-order valence-corrected chi connectivity index (χ2v) is 7.56. The zero-order valence-electron chi connectivity index (χ0n) is 16.7. The Hall–Kier alpha value is -2.79. The molecule has 0 saturated carbocycles. The highest BCUT2D eigenvalue weighted by atomic mass is 16.6. The van der Waals surface area contributed by atoms with Crippen molar-refractivity contribution < 1.29 is 24.2 Å². The van der Waals surface area contributed by atoms with Crippen molar-refractivity contribution >= 4 is 29.0 Å². The molecule has 0 bridgehead atoms. The van der Waals surface area contributed by atoms with Gasteiger partial charge >= 0.3 is 5.97 Å². The quantitative estimate of drug-likeness (QED) is 0.588. The number of hydrogen-bond donors (Lipinski definition) is 3. The number of imidazole rings is 1. The van der Waals surface area contributed by atoms with Crippen LogP contribution in [0.25, 0.3) is 11.2 Å². The first-order valence-electron chi connectivity index (χ1n) is 9.45. The number of fused-ring (bicyclic) bond motifs is 1. The summed E-state index contributed by atoms with van der Waals surface area (Å²) in [6.45, 7) is 6.54. The molecule has 1 saturated heterocycles. The molecule has 3 rings (SSSR count). The molecule has 0 aliphatic carbocycles. The molecule has 158 valence electrons. The average molecular weight is 407 g/mol. The Morgan fingerprint density at radius 1 is 1.38 bits per heavy atom. The van der Waals surface area contributed by atoms with Crippen LogP contribution in [0.2, 0.25) is 0 Å². The number of nitrogens with zero attached hydrogens (tertiary/aromatic N) is 3. The molecule has 3 atom stereocenters. The van der Waals surface area contributed by atoms with Crippen LogP contribution in [0.15, 0.2) is 11.1 Å². The van der Waals surface area contributed by atoms with E-state index in [9.17, 15) is 19.5 Å². The van der Waals surface area contributed by atoms with Crippen molar-refractivity contribution in [2.24, 2.45) is 11.8 Å². The van der Waals surface area contributed by atoms with Crippen molar-refractivity contribution in [2.75, 3.05) is 11.9 Å². The minimum absolute atomic E-state index is 0.00226. The number of ether oxygens (including phenoxy) is 2. The monoisotopic (exact) mass is 407 g/mol. The number of aliphatic hydroxyl groups is 1. The van der Waals surface area contributed by atoms with Gasteiger partial charge in [0.2, 0.25) is 11.9 Å². The van der Waals surface area contributed by atoms with Crippen LogP contribution < -0.4 is 10.9 Å². The lowest BCUT2D eigenvalue weighted by Gasteiger charge is -2.17. The summed E-state index contributed by atoms with van der Waals surface area (Å²) < 4.78 is 12.8. The van der Waals surface area contributed by atoms with E-state index in [1.54, 1.807) is 27.7 Å². The van der Waals surface area contributed by atoms with Crippen LogP contribution in [0.5, 0.6) is 0 Å². The first-order chi connectivity index (χ1) is 13.7. The first kappa shape index (κ1) is 20.9. The lowest BCUT2D eigenvalue weighted by atomic mass is 10.1. The molecule has 0 aromatic carbocycles. The molecule has 0 radical (unpaired) electrons. The van der Waals surface area contributed by atoms with Crippen molar-refractivity contribution in [3.05, 3.63) is 16.7 Å². The van der Waals surface area contributed by atoms with Crippen molar-refractivity contribution in [3.63, 3.8) is 0 Å². The molecule has 0 spiro atoms. The van der Waals surface area contributed by atoms with E-state index >= 15 is 0 Å². The normalized spacial score (nSPS) is 21.8. The number of anilines is 1. The van der Waals surface area contributed by atoms with Crippen LogP contribution in [0, 0.1) is 11.8 Å². The number of carbonyl (C=O) groups is 2. The van der Waals surface area contributed by atoms with Gasteiger partial charge in [0.25, 0.3) is 5.56 Å². The van der Waals surface area contributed by atoms with Gasteiger partial charge in [-0.2, -0.15) is 4.98 Å². The molecule has 3 heterocycles. The molecule has 3 N–H and O–H groups in total. The fourth-order valence-electron chi connectivity index (χ4n) is 2.90. The number of rotatable bonds is 6. The van der Waals surface area contributed by atoms with E-state index in [1.165, 1.54) is 10.9 Å². The summed E-state index contributed by atoms with van der Waals surface area (Å²) in [4.78, 5) is 47.0. The highest BCUT2D eigenvalue weighted by Crippen LogP contribution is 2.32. The predicted octanol–water partition coefficient (Wildman–Crippen LogP) is 0.562. The van der Waals surface area contributed by atoms with E-state index in [1.807, 2.05) is 0 Å². The summed E-state index contributed by atoms with van der Waals surface area (Å²) in [7, 11) is 0. The smallest absolute Gasteiger partial charge is 0.308 e. The Balaban J connectivity index is 1.89. The molecule has 11 nitrogen and oxygen atoms in total. The van der Waals surface area contributed by atoms with Gasteiger partial charge in [0.05, 0.1) is 18.9 Å². The zero-order valence-corrected chi connectivity index (χ0v) is 16.7. The lowest BCUT2D eigenvalue weighted by molar-refractivity contribution is -0.156. The topological polar surface area (TPSA) is 148 Å². The summed E-state index contributed by atoms with van der Waals surface area (Å²) in [5.41, 5.74) is -0.211. The fourth-order valence-corrected chi connectivity index (χ4v) is 2.90. The van der Waals surface area contributed by atoms with Crippen molar-refractivity contribution in [2.45, 2.75) is 52.6 Å². The van der Waals surface area contributed by atoms with Crippen molar-refractivity contribution in [1.82, 2.24) is 19.5 Å². The maximum atomic E-state index is 12.3. The highest BCUT2D eigenvalue weighted by molar-refractivity contribution is 5.91. The molecule has 1 fully saturated rings. The van der Waals surface area contributed by atoms with Crippen LogP contribution in [-0.4, -0.2) is 55.3 Å². The Labute approximate surface area is 166 Å². The fraction of sp³-hybridized carbons (Fsp3) is 0.611. The third-order valence-electron chi connectivity index (χ3n) is 4.61. The van der Waals surface area contributed by atoms with E-state index in [2.05, 4.69) is 20.3 Å². The SMILES string of the molecule is CC(C)C(=O)Nc1nc2c(ncn2C2CC(OC(=O)C(C)C)C(CO)O2)c(=O)[nH]1. The predicted molar refractivity (Wildman–Crippen MR) is 102 cm³/mol. The number of aromatic nitrogens is 4. The van der Waals surface area contributed by atoms with Gasteiger partial charge in [0, 0.05) is 12.3 Å². The lowest BCUT2D eigenvalue weighted by Crippen LogP contribution is -2.31. The molecule has 11 heteroatoms. The van der Waals surface area contributed by atoms with Gasteiger partial charge in [-0.25, -0.2) is 4.98 Å². The number of aliphatic hydroxyl groups excluding tert-OH is 1. The van der Waals surface area contributed by atoms with Crippen LogP contribution in [-0.2, 0) is 19.1 Å². The van der Waals surface area contributed by atoms with Crippen molar-refractivity contribution in [3.8, 4) is 0 Å². The Kier molecular flexibility index (Phi) is 5.99. The molecule has 2 aromatic heterocycles. The minimum atomic E-state index is -0.706. The molecule has 1 aliphatic rings. The number of esters is 1. The number of amides is 1. The number of aromatic amines is 1. The summed E-state index contributed by atoms with van der Waals surface area (Å²) in [5.74, 6) is -1.28. The van der Waals surface area contributed by atoms with Gasteiger partial charge in [-0.05, 0) is 0 Å². The Morgan fingerprint density at radius 3 is 2.72 bits per heavy atom. The van der Waals surface area contributed by atoms with Crippen LogP contribution in [0.1, 0.15) is 40.3 Å². The largest absolute Gasteiger partial charge is 0.459 e. The van der Waals surface area contributed by atoms with Crippen LogP contribution in [0.3, 0.4) is 0 Å². The van der Waals surface area contributed by atoms with E-state index in [-0.39, 0.29) is 53.9 Å². The average Bonchev–Trinajstić information content (AvgIpc) is 3.25. The molecular weight excluding hydrogens is 382 g/mol. The third-order valence-corrected chi connectivity index (χ3v) is 4.61. The minimum Gasteiger partial charge on any atom is -0.459 e. The zero-order chi connectivity index (χ0) is 21.3. The molecule has 3 unspecified atom stereocenters. The molecule has 2 aromatic rings. The molecule has 1 amide bonds. The number of nitrogens with one attached hydrogen (secondary N) is 2. The third kappa shape index (κ3) is 4.30. The first-order valence-corrected chi connectivity index (χ1v) is 9.45. The summed E-state index contributed by atoms with van der Waals surface area (Å²) in [6, 6.07) is 0.